The van der Waals surface area contributed by atoms with Gasteiger partial charge in [0.1, 0.15) is 24.7 Å². The summed E-state index contributed by atoms with van der Waals surface area (Å²) in [7, 11) is 0. The molecule has 4 saturated carbocycles. The second kappa shape index (κ2) is 30.7. The molecule has 5 amide bonds. The lowest BCUT2D eigenvalue weighted by atomic mass is 9.95. The van der Waals surface area contributed by atoms with Gasteiger partial charge in [-0.3, -0.25) is 28.8 Å². The fraction of sp³-hybridized carbons (Fsp3) is 0.870. The zero-order valence-electron chi connectivity index (χ0n) is 38.1. The lowest BCUT2D eigenvalue weighted by Gasteiger charge is -2.27. The minimum absolute atomic E-state index is 0.201. The van der Waals surface area contributed by atoms with E-state index in [0.29, 0.717) is 50.2 Å². The summed E-state index contributed by atoms with van der Waals surface area (Å²) in [4.78, 5) is 78.2. The van der Waals surface area contributed by atoms with Crippen LogP contribution < -0.4 is 47.9 Å². The number of hydrogen-bond acceptors (Lipinski definition) is 11. The molecule has 0 radical (unpaired) electrons. The number of carboxylic acids is 1. The lowest BCUT2D eigenvalue weighted by molar-refractivity contribution is -0.138. The molecule has 4 unspecified atom stereocenters. The van der Waals surface area contributed by atoms with Gasteiger partial charge in [0.25, 0.3) is 0 Å². The summed E-state index contributed by atoms with van der Waals surface area (Å²) < 4.78 is 0. The van der Waals surface area contributed by atoms with Gasteiger partial charge < -0.3 is 58.1 Å². The summed E-state index contributed by atoms with van der Waals surface area (Å²) in [5.41, 5.74) is 0. The van der Waals surface area contributed by atoms with Crippen LogP contribution in [0.1, 0.15) is 167 Å². The van der Waals surface area contributed by atoms with E-state index in [0.717, 1.165) is 83.8 Å². The smallest absolute Gasteiger partial charge is 0.322 e. The van der Waals surface area contributed by atoms with Crippen LogP contribution >= 0.6 is 0 Å². The Morgan fingerprint density at radius 1 is 0.429 bits per heavy atom. The highest BCUT2D eigenvalue weighted by Crippen LogP contribution is 2.21. The number of carbonyl (C=O) groups is 6. The van der Waals surface area contributed by atoms with Gasteiger partial charge in [0.2, 0.25) is 29.5 Å². The van der Waals surface area contributed by atoms with E-state index in [2.05, 4.69) is 47.9 Å². The third kappa shape index (κ3) is 21.4. The molecule has 360 valence electrons. The van der Waals surface area contributed by atoms with Gasteiger partial charge in [-0.2, -0.15) is 0 Å². The second-order valence-electron chi connectivity index (χ2n) is 18.6. The van der Waals surface area contributed by atoms with Crippen molar-refractivity contribution in [3.63, 3.8) is 0 Å². The number of carboxylic acid groups (broad SMARTS) is 1. The lowest BCUT2D eigenvalue weighted by Crippen LogP contribution is -2.57. The van der Waals surface area contributed by atoms with Gasteiger partial charge in [-0.05, 0) is 122 Å². The first kappa shape index (κ1) is 52.2. The quantitative estimate of drug-likeness (QED) is 0.0435. The molecule has 63 heavy (non-hydrogen) atoms. The van der Waals surface area contributed by atoms with Crippen LogP contribution in [0.2, 0.25) is 0 Å². The van der Waals surface area contributed by atoms with Gasteiger partial charge in [0.05, 0.1) is 19.2 Å². The second-order valence-corrected chi connectivity index (χ2v) is 18.6. The molecule has 0 aromatic carbocycles. The maximum Gasteiger partial charge on any atom is 0.322 e. The molecule has 4 atom stereocenters. The number of rotatable bonds is 32. The van der Waals surface area contributed by atoms with Crippen molar-refractivity contribution in [2.75, 3.05) is 39.3 Å². The Kier molecular flexibility index (Phi) is 25.5. The molecule has 4 fully saturated rings. The molecule has 4 aliphatic carbocycles. The molecular formula is C46H83N9O8. The molecule has 17 nitrogen and oxygen atoms in total. The Hall–Kier alpha value is -3.38. The van der Waals surface area contributed by atoms with Crippen LogP contribution in [0.15, 0.2) is 0 Å². The van der Waals surface area contributed by atoms with Crippen molar-refractivity contribution in [2.24, 2.45) is 0 Å². The summed E-state index contributed by atoms with van der Waals surface area (Å²) in [6, 6.07) is -1.86. The third-order valence-corrected chi connectivity index (χ3v) is 13.4. The third-order valence-electron chi connectivity index (χ3n) is 13.4. The first-order chi connectivity index (χ1) is 30.6. The molecule has 17 heteroatoms. The van der Waals surface area contributed by atoms with E-state index in [1.165, 1.54) is 70.6 Å². The normalized spacial score (nSPS) is 19.6. The Morgan fingerprint density at radius 2 is 0.810 bits per heavy atom. The molecule has 0 aromatic heterocycles. The predicted molar refractivity (Wildman–Crippen MR) is 243 cm³/mol. The van der Waals surface area contributed by atoms with E-state index in [9.17, 15) is 33.9 Å². The average molecular weight is 890 g/mol. The maximum absolute atomic E-state index is 14.3. The molecular weight excluding hydrogens is 807 g/mol. The van der Waals surface area contributed by atoms with Crippen LogP contribution in [0.4, 0.5) is 0 Å². The standard InChI is InChI=1S/C46H83N9O8/c56-32-40(44(61)51-31-42(58)59)53-41(57)30-50-43(60)37(24-10-13-27-48-34-18-4-5-19-34)54-46(63)39(26-12-15-29-47-33-16-2-1-3-17-33)55-45(62)38(52-36-22-8-9-23-36)25-11-14-28-49-35-20-6-7-21-35/h33-40,47-49,52,56H,1-32H2,(H,50,60)(H,51,61)(H,53,57)(H,54,63)(H,55,62)(H,58,59). The topological polar surface area (TPSA) is 251 Å². The van der Waals surface area contributed by atoms with Gasteiger partial charge in [0.15, 0.2) is 0 Å². The summed E-state index contributed by atoms with van der Waals surface area (Å²) in [6.45, 7) is 0.519. The van der Waals surface area contributed by atoms with Gasteiger partial charge in [0, 0.05) is 24.2 Å². The molecule has 0 aliphatic heterocycles. The summed E-state index contributed by atoms with van der Waals surface area (Å²) in [5.74, 6) is -4.19. The Bertz CT molecular complexity index is 1370. The van der Waals surface area contributed by atoms with E-state index >= 15 is 0 Å². The van der Waals surface area contributed by atoms with Gasteiger partial charge in [-0.1, -0.05) is 64.2 Å². The molecule has 0 bridgehead atoms. The fourth-order valence-electron chi connectivity index (χ4n) is 9.67. The maximum atomic E-state index is 14.3. The first-order valence-electron chi connectivity index (χ1n) is 24.9. The van der Waals surface area contributed by atoms with E-state index in [1.807, 2.05) is 0 Å². The molecule has 0 heterocycles. The van der Waals surface area contributed by atoms with Gasteiger partial charge in [-0.25, -0.2) is 0 Å². The number of nitrogens with one attached hydrogen (secondary N) is 9. The van der Waals surface area contributed by atoms with E-state index in [-0.39, 0.29) is 11.9 Å². The zero-order chi connectivity index (χ0) is 45.1. The molecule has 0 spiro atoms. The van der Waals surface area contributed by atoms with E-state index in [4.69, 9.17) is 5.11 Å². The van der Waals surface area contributed by atoms with Crippen molar-refractivity contribution in [1.29, 1.82) is 0 Å². The highest BCUT2D eigenvalue weighted by molar-refractivity contribution is 5.95. The molecule has 11 N–H and O–H groups in total. The summed E-state index contributed by atoms with van der Waals surface area (Å²) in [6.07, 6.45) is 26.3. The van der Waals surface area contributed by atoms with E-state index in [1.54, 1.807) is 0 Å². The average Bonchev–Trinajstić information content (AvgIpc) is 4.11. The van der Waals surface area contributed by atoms with Crippen molar-refractivity contribution in [2.45, 2.75) is 215 Å². The fourth-order valence-corrected chi connectivity index (χ4v) is 9.67. The highest BCUT2D eigenvalue weighted by atomic mass is 16.4. The van der Waals surface area contributed by atoms with Crippen LogP contribution in [0.5, 0.6) is 0 Å². The van der Waals surface area contributed by atoms with Crippen molar-refractivity contribution < 1.29 is 39.0 Å². The number of amides is 5. The SMILES string of the molecule is O=C(O)CNC(=O)C(CO)NC(=O)CNC(=O)C(CCCCNC1CCCC1)NC(=O)C(CCCCNC1CCCCC1)NC(=O)C(CCCCNC1CCCC1)NC1CCCC1. The van der Waals surface area contributed by atoms with Crippen LogP contribution in [0.3, 0.4) is 0 Å². The summed E-state index contributed by atoms with van der Waals surface area (Å²) in [5, 5.41) is 46.2. The molecule has 0 saturated heterocycles. The van der Waals surface area contributed by atoms with Crippen molar-refractivity contribution in [3.8, 4) is 0 Å². The molecule has 0 aromatic rings. The van der Waals surface area contributed by atoms with Crippen LogP contribution in [0, 0.1) is 0 Å². The van der Waals surface area contributed by atoms with E-state index < -0.39 is 73.5 Å². The molecule has 4 aliphatic rings. The minimum atomic E-state index is -1.42. The number of aliphatic hydroxyl groups is 1. The van der Waals surface area contributed by atoms with Crippen LogP contribution in [0.25, 0.3) is 0 Å². The number of hydrogen-bond donors (Lipinski definition) is 11. The van der Waals surface area contributed by atoms with Gasteiger partial charge >= 0.3 is 5.97 Å². The highest BCUT2D eigenvalue weighted by Gasteiger charge is 2.31. The van der Waals surface area contributed by atoms with Crippen molar-refractivity contribution >= 4 is 35.5 Å². The number of aliphatic carboxylic acids is 1. The first-order valence-corrected chi connectivity index (χ1v) is 24.9. The number of aliphatic hydroxyl groups excluding tert-OH is 1. The zero-order valence-corrected chi connectivity index (χ0v) is 38.1. The number of carbonyl (C=O) groups excluding carboxylic acids is 5. The molecule has 4 rings (SSSR count). The Balaban J connectivity index is 1.40. The van der Waals surface area contributed by atoms with Crippen LogP contribution in [-0.2, 0) is 28.8 Å². The minimum Gasteiger partial charge on any atom is -0.480 e. The van der Waals surface area contributed by atoms with Crippen molar-refractivity contribution in [1.82, 2.24) is 47.9 Å². The Labute approximate surface area is 376 Å². The summed E-state index contributed by atoms with van der Waals surface area (Å²) >= 11 is 0. The largest absolute Gasteiger partial charge is 0.480 e. The Morgan fingerprint density at radius 3 is 1.27 bits per heavy atom. The van der Waals surface area contributed by atoms with Crippen molar-refractivity contribution in [3.05, 3.63) is 0 Å². The van der Waals surface area contributed by atoms with Crippen LogP contribution in [-0.4, -0.2) is 133 Å². The predicted octanol–water partition coefficient (Wildman–Crippen LogP) is 2.15. The monoisotopic (exact) mass is 890 g/mol. The van der Waals surface area contributed by atoms with Gasteiger partial charge in [-0.15, -0.1) is 0 Å². The number of unbranched alkanes of at least 4 members (excludes halogenated alkanes) is 3.